The first-order chi connectivity index (χ1) is 7.31. The van der Waals surface area contributed by atoms with Crippen LogP contribution in [-0.2, 0) is 9.47 Å². The lowest BCUT2D eigenvalue weighted by atomic mass is 10.1. The molecule has 0 unspecified atom stereocenters. The van der Waals surface area contributed by atoms with Gasteiger partial charge in [0.05, 0.1) is 18.9 Å². The van der Waals surface area contributed by atoms with E-state index in [9.17, 15) is 0 Å². The maximum absolute atomic E-state index is 7.61. The molecule has 80 valence electrons. The quantitative estimate of drug-likeness (QED) is 0.505. The van der Waals surface area contributed by atoms with Crippen LogP contribution < -0.4 is 0 Å². The van der Waals surface area contributed by atoms with Gasteiger partial charge in [0.25, 0.3) is 0 Å². The molecule has 1 aliphatic carbocycles. The molecule has 0 saturated carbocycles. The summed E-state index contributed by atoms with van der Waals surface area (Å²) in [5.74, 6) is 0.624. The number of nitrogens with zero attached hydrogens (tertiary/aromatic N) is 1. The second-order valence-corrected chi connectivity index (χ2v) is 3.48. The van der Waals surface area contributed by atoms with Crippen molar-refractivity contribution in [2.45, 2.75) is 0 Å². The largest absolute Gasteiger partial charge is 0.494 e. The van der Waals surface area contributed by atoms with E-state index in [0.717, 1.165) is 32.0 Å². The summed E-state index contributed by atoms with van der Waals surface area (Å²) in [6.07, 6.45) is 5.63. The molecule has 0 radical (unpaired) electrons. The number of nitrogens with one attached hydrogen (secondary N) is 1. The second kappa shape index (κ2) is 4.40. The summed E-state index contributed by atoms with van der Waals surface area (Å²) in [7, 11) is 1.59. The summed E-state index contributed by atoms with van der Waals surface area (Å²) < 4.78 is 12.7. The molecule has 4 heteroatoms. The Morgan fingerprint density at radius 1 is 1.33 bits per heavy atom. The van der Waals surface area contributed by atoms with Crippen molar-refractivity contribution in [2.75, 3.05) is 33.4 Å². The summed E-state index contributed by atoms with van der Waals surface area (Å²) in [5, 5.41) is 7.61. The fraction of sp³-hybridized carbons (Fsp3) is 0.455. The molecule has 0 amide bonds. The molecule has 0 aromatic heterocycles. The lowest BCUT2D eigenvalue weighted by Crippen LogP contribution is -2.33. The molecule has 2 rings (SSSR count). The Morgan fingerprint density at radius 2 is 2.07 bits per heavy atom. The Balaban J connectivity index is 2.26. The zero-order chi connectivity index (χ0) is 10.7. The topological polar surface area (TPSA) is 45.3 Å². The van der Waals surface area contributed by atoms with Gasteiger partial charge in [-0.3, -0.25) is 5.41 Å². The number of hydrogen-bond acceptors (Lipinski definition) is 3. The van der Waals surface area contributed by atoms with Crippen LogP contribution in [0.5, 0.6) is 0 Å². The van der Waals surface area contributed by atoms with E-state index in [1.807, 2.05) is 12.2 Å². The molecule has 1 aliphatic heterocycles. The molecule has 4 nitrogen and oxygen atoms in total. The van der Waals surface area contributed by atoms with Gasteiger partial charge in [0.1, 0.15) is 19.0 Å². The predicted molar refractivity (Wildman–Crippen MR) is 57.8 cm³/mol. The van der Waals surface area contributed by atoms with E-state index in [1.54, 1.807) is 13.2 Å². The van der Waals surface area contributed by atoms with Crippen molar-refractivity contribution in [3.8, 4) is 0 Å². The second-order valence-electron chi connectivity index (χ2n) is 3.48. The van der Waals surface area contributed by atoms with Gasteiger partial charge in [-0.05, 0) is 6.08 Å². The molecule has 1 saturated heterocycles. The van der Waals surface area contributed by atoms with Crippen molar-refractivity contribution in [1.29, 1.82) is 5.41 Å². The molecule has 0 aromatic carbocycles. The van der Waals surface area contributed by atoms with Crippen LogP contribution in [0.3, 0.4) is 0 Å². The number of rotatable bonds is 1. The highest BCUT2D eigenvalue weighted by Crippen LogP contribution is 2.07. The summed E-state index contributed by atoms with van der Waals surface area (Å²) in [5.41, 5.74) is 1.53. The number of allylic oxidation sites excluding steroid dienone is 3. The van der Waals surface area contributed by atoms with Crippen LogP contribution in [0, 0.1) is 5.41 Å². The van der Waals surface area contributed by atoms with Gasteiger partial charge in [-0.15, -0.1) is 0 Å². The zero-order valence-electron chi connectivity index (χ0n) is 8.82. The van der Waals surface area contributed by atoms with Crippen LogP contribution in [0.4, 0.5) is 0 Å². The van der Waals surface area contributed by atoms with E-state index in [-0.39, 0.29) is 0 Å². The molecule has 0 atom stereocenters. The van der Waals surface area contributed by atoms with Crippen molar-refractivity contribution < 1.29 is 14.0 Å². The summed E-state index contributed by atoms with van der Waals surface area (Å²) >= 11 is 0. The first-order valence-corrected chi connectivity index (χ1v) is 5.03. The third-order valence-electron chi connectivity index (χ3n) is 2.56. The van der Waals surface area contributed by atoms with Gasteiger partial charge < -0.3 is 9.47 Å². The predicted octanol–water partition coefficient (Wildman–Crippen LogP) is 0.590. The van der Waals surface area contributed by atoms with Crippen LogP contribution in [0.15, 0.2) is 24.0 Å². The highest BCUT2D eigenvalue weighted by Gasteiger charge is 2.19. The maximum Gasteiger partial charge on any atom is 0.203 e. The van der Waals surface area contributed by atoms with Crippen molar-refractivity contribution in [3.05, 3.63) is 24.0 Å². The number of methoxy groups -OCH3 is 1. The fourth-order valence-electron chi connectivity index (χ4n) is 1.70. The van der Waals surface area contributed by atoms with Gasteiger partial charge in [-0.25, -0.2) is 4.58 Å². The Kier molecular flexibility index (Phi) is 2.97. The lowest BCUT2D eigenvalue weighted by Gasteiger charge is -2.14. The Morgan fingerprint density at radius 3 is 2.73 bits per heavy atom. The number of hydrogen-bond donors (Lipinski definition) is 1. The molecular formula is C11H15N2O2+. The molecule has 1 heterocycles. The van der Waals surface area contributed by atoms with Crippen molar-refractivity contribution in [1.82, 2.24) is 0 Å². The van der Waals surface area contributed by atoms with Crippen LogP contribution in [-0.4, -0.2) is 49.4 Å². The summed E-state index contributed by atoms with van der Waals surface area (Å²) in [6.45, 7) is 3.34. The van der Waals surface area contributed by atoms with Crippen LogP contribution in [0.25, 0.3) is 0 Å². The Labute approximate surface area is 89.0 Å². The summed E-state index contributed by atoms with van der Waals surface area (Å²) in [4.78, 5) is 0. The molecule has 2 aliphatic rings. The maximum atomic E-state index is 7.61. The standard InChI is InChI=1S/C11H15N2O2/c1-14-11-8-9(2-3-10(11)12)13-4-6-15-7-5-13/h2-3,8,12H,4-7H2,1H3/q+1. The molecule has 15 heavy (non-hydrogen) atoms. The van der Waals surface area contributed by atoms with Gasteiger partial charge >= 0.3 is 0 Å². The van der Waals surface area contributed by atoms with Crippen LogP contribution in [0.1, 0.15) is 0 Å². The molecular weight excluding hydrogens is 192 g/mol. The van der Waals surface area contributed by atoms with Crippen molar-refractivity contribution in [2.24, 2.45) is 0 Å². The van der Waals surface area contributed by atoms with Crippen LogP contribution >= 0.6 is 0 Å². The SMILES string of the molecule is COC1=CC(=[N+]2CCOCC2)C=CC1=N. The molecule has 0 spiro atoms. The van der Waals surface area contributed by atoms with E-state index < -0.39 is 0 Å². The van der Waals surface area contributed by atoms with Gasteiger partial charge in [0.15, 0.2) is 13.1 Å². The normalized spacial score (nSPS) is 21.7. The Hall–Kier alpha value is -1.42. The van der Waals surface area contributed by atoms with Gasteiger partial charge in [0, 0.05) is 6.08 Å². The van der Waals surface area contributed by atoms with Crippen molar-refractivity contribution in [3.63, 3.8) is 0 Å². The van der Waals surface area contributed by atoms with Gasteiger partial charge in [0.2, 0.25) is 5.71 Å². The number of morpholine rings is 1. The van der Waals surface area contributed by atoms with E-state index >= 15 is 0 Å². The minimum absolute atomic E-state index is 0.425. The van der Waals surface area contributed by atoms with E-state index in [2.05, 4.69) is 4.58 Å². The third-order valence-corrected chi connectivity index (χ3v) is 2.56. The molecule has 1 fully saturated rings. The molecule has 0 bridgehead atoms. The first-order valence-electron chi connectivity index (χ1n) is 5.03. The third kappa shape index (κ3) is 2.15. The van der Waals surface area contributed by atoms with E-state index in [0.29, 0.717) is 11.5 Å². The smallest absolute Gasteiger partial charge is 0.203 e. The monoisotopic (exact) mass is 207 g/mol. The highest BCUT2D eigenvalue weighted by atomic mass is 16.5. The van der Waals surface area contributed by atoms with E-state index in [4.69, 9.17) is 14.9 Å². The molecule has 0 aromatic rings. The first kappa shape index (κ1) is 10.1. The summed E-state index contributed by atoms with van der Waals surface area (Å²) in [6, 6.07) is 0. The minimum atomic E-state index is 0.425. The minimum Gasteiger partial charge on any atom is -0.494 e. The van der Waals surface area contributed by atoms with Crippen LogP contribution in [0.2, 0.25) is 0 Å². The molecule has 1 N–H and O–H groups in total. The lowest BCUT2D eigenvalue weighted by molar-refractivity contribution is -0.547. The fourth-order valence-corrected chi connectivity index (χ4v) is 1.70. The van der Waals surface area contributed by atoms with Gasteiger partial charge in [-0.1, -0.05) is 0 Å². The van der Waals surface area contributed by atoms with Gasteiger partial charge in [-0.2, -0.15) is 0 Å². The van der Waals surface area contributed by atoms with Crippen molar-refractivity contribution >= 4 is 11.4 Å². The average Bonchev–Trinajstić information content (AvgIpc) is 2.31. The average molecular weight is 207 g/mol. The Bertz CT molecular complexity index is 359. The highest BCUT2D eigenvalue weighted by molar-refractivity contribution is 6.17. The van der Waals surface area contributed by atoms with E-state index in [1.165, 1.54) is 0 Å². The number of ether oxygens (including phenoxy) is 2. The zero-order valence-corrected chi connectivity index (χ0v) is 8.82.